The molecule has 0 aliphatic carbocycles. The molecule has 98 valence electrons. The second kappa shape index (κ2) is 5.57. The first kappa shape index (κ1) is 13.1. The van der Waals surface area contributed by atoms with Crippen molar-refractivity contribution in [3.8, 4) is 22.6 Å². The van der Waals surface area contributed by atoms with Crippen LogP contribution in [0.1, 0.15) is 12.5 Å². The molecule has 0 heterocycles. The number of methoxy groups -OCH3 is 1. The van der Waals surface area contributed by atoms with E-state index in [-0.39, 0.29) is 11.5 Å². The fraction of sp³-hybridized carbons (Fsp3) is 0.188. The second-order valence-electron chi connectivity index (χ2n) is 4.39. The van der Waals surface area contributed by atoms with Gasteiger partial charge in [-0.25, -0.2) is 0 Å². The highest BCUT2D eigenvalue weighted by Gasteiger charge is 2.15. The minimum Gasteiger partial charge on any atom is -0.507 e. The highest BCUT2D eigenvalue weighted by atomic mass is 16.5. The summed E-state index contributed by atoms with van der Waals surface area (Å²) in [6.07, 6.45) is 0.293. The Morgan fingerprint density at radius 1 is 1.16 bits per heavy atom. The van der Waals surface area contributed by atoms with E-state index in [0.717, 1.165) is 11.1 Å². The summed E-state index contributed by atoms with van der Waals surface area (Å²) in [7, 11) is 1.59. The summed E-state index contributed by atoms with van der Waals surface area (Å²) in [4.78, 5) is 11.3. The number of ether oxygens (including phenoxy) is 1. The van der Waals surface area contributed by atoms with Crippen LogP contribution in [-0.2, 0) is 11.2 Å². The molecule has 0 radical (unpaired) electrons. The van der Waals surface area contributed by atoms with Crippen molar-refractivity contribution >= 4 is 5.78 Å². The van der Waals surface area contributed by atoms with Gasteiger partial charge in [0.05, 0.1) is 7.11 Å². The number of phenols is 1. The molecule has 0 atom stereocenters. The van der Waals surface area contributed by atoms with E-state index in [9.17, 15) is 9.90 Å². The van der Waals surface area contributed by atoms with Crippen LogP contribution < -0.4 is 4.74 Å². The molecule has 2 aromatic carbocycles. The third kappa shape index (κ3) is 2.76. The van der Waals surface area contributed by atoms with Gasteiger partial charge >= 0.3 is 0 Å². The van der Waals surface area contributed by atoms with E-state index in [1.807, 2.05) is 30.3 Å². The molecule has 0 fully saturated rings. The first-order valence-electron chi connectivity index (χ1n) is 6.07. The molecule has 19 heavy (non-hydrogen) atoms. The lowest BCUT2D eigenvalue weighted by atomic mass is 9.95. The number of para-hydroxylation sites is 1. The Morgan fingerprint density at radius 3 is 2.58 bits per heavy atom. The van der Waals surface area contributed by atoms with E-state index < -0.39 is 0 Å². The van der Waals surface area contributed by atoms with Crippen LogP contribution in [0.25, 0.3) is 11.1 Å². The smallest absolute Gasteiger partial charge is 0.134 e. The molecular weight excluding hydrogens is 240 g/mol. The zero-order valence-corrected chi connectivity index (χ0v) is 11.0. The van der Waals surface area contributed by atoms with Crippen LogP contribution >= 0.6 is 0 Å². The molecule has 0 aliphatic rings. The van der Waals surface area contributed by atoms with Gasteiger partial charge in [0.25, 0.3) is 0 Å². The molecule has 0 aliphatic heterocycles. The zero-order chi connectivity index (χ0) is 13.8. The number of ketones is 1. The quantitative estimate of drug-likeness (QED) is 0.913. The van der Waals surface area contributed by atoms with Crippen molar-refractivity contribution < 1.29 is 14.6 Å². The molecule has 1 N–H and O–H groups in total. The monoisotopic (exact) mass is 256 g/mol. The number of Topliss-reactive ketones (excluding diaryl/α,β-unsaturated/α-hetero) is 1. The molecule has 3 heteroatoms. The summed E-state index contributed by atoms with van der Waals surface area (Å²) < 4.78 is 5.32. The summed E-state index contributed by atoms with van der Waals surface area (Å²) in [6, 6.07) is 12.7. The summed E-state index contributed by atoms with van der Waals surface area (Å²) in [5, 5.41) is 10.1. The minimum absolute atomic E-state index is 0.0572. The number of rotatable bonds is 4. The lowest BCUT2D eigenvalue weighted by Gasteiger charge is -2.14. The molecule has 2 rings (SSSR count). The van der Waals surface area contributed by atoms with Crippen molar-refractivity contribution in [2.75, 3.05) is 7.11 Å². The van der Waals surface area contributed by atoms with Gasteiger partial charge in [-0.1, -0.05) is 30.3 Å². The van der Waals surface area contributed by atoms with Crippen LogP contribution in [0, 0.1) is 0 Å². The van der Waals surface area contributed by atoms with Gasteiger partial charge in [-0.2, -0.15) is 0 Å². The Hall–Kier alpha value is -2.29. The van der Waals surface area contributed by atoms with E-state index in [1.165, 1.54) is 6.92 Å². The van der Waals surface area contributed by atoms with Crippen molar-refractivity contribution in [3.63, 3.8) is 0 Å². The van der Waals surface area contributed by atoms with Crippen molar-refractivity contribution in [2.24, 2.45) is 0 Å². The zero-order valence-electron chi connectivity index (χ0n) is 11.0. The Morgan fingerprint density at radius 2 is 1.89 bits per heavy atom. The Kier molecular flexibility index (Phi) is 3.85. The van der Waals surface area contributed by atoms with Crippen molar-refractivity contribution in [1.29, 1.82) is 0 Å². The summed E-state index contributed by atoms with van der Waals surface area (Å²) in [6.45, 7) is 1.54. The third-order valence-electron chi connectivity index (χ3n) is 2.94. The average Bonchev–Trinajstić information content (AvgIpc) is 2.38. The predicted octanol–water partition coefficient (Wildman–Crippen LogP) is 3.20. The number of carbonyl (C=O) groups is 1. The topological polar surface area (TPSA) is 46.5 Å². The summed E-state index contributed by atoms with van der Waals surface area (Å²) in [5.41, 5.74) is 2.26. The number of hydrogen-bond acceptors (Lipinski definition) is 3. The molecule has 0 amide bonds. The average molecular weight is 256 g/mol. The van der Waals surface area contributed by atoms with Gasteiger partial charge in [-0.05, 0) is 24.6 Å². The number of carbonyl (C=O) groups excluding carboxylic acids is 1. The lowest BCUT2D eigenvalue weighted by Crippen LogP contribution is -1.99. The standard InChI is InChI=1S/C16H16O3/c1-11(17)10-12-6-5-8-14(18)16(12)13-7-3-4-9-15(13)19-2/h3-9,18H,10H2,1-2H3. The van der Waals surface area contributed by atoms with Gasteiger partial charge in [0.1, 0.15) is 17.3 Å². The van der Waals surface area contributed by atoms with Gasteiger partial charge in [-0.15, -0.1) is 0 Å². The van der Waals surface area contributed by atoms with Gasteiger partial charge < -0.3 is 9.84 Å². The van der Waals surface area contributed by atoms with Gasteiger partial charge in [0.15, 0.2) is 0 Å². The Labute approximate surface area is 112 Å². The molecule has 2 aromatic rings. The number of benzene rings is 2. The first-order valence-corrected chi connectivity index (χ1v) is 6.07. The van der Waals surface area contributed by atoms with Crippen molar-refractivity contribution in [2.45, 2.75) is 13.3 Å². The molecule has 0 aromatic heterocycles. The summed E-state index contributed by atoms with van der Waals surface area (Å²) in [5.74, 6) is 0.888. The van der Waals surface area contributed by atoms with E-state index in [0.29, 0.717) is 17.7 Å². The number of hydrogen-bond donors (Lipinski definition) is 1. The molecular formula is C16H16O3. The predicted molar refractivity (Wildman–Crippen MR) is 74.5 cm³/mol. The van der Waals surface area contributed by atoms with Crippen LogP contribution in [-0.4, -0.2) is 18.0 Å². The minimum atomic E-state index is 0.0572. The highest BCUT2D eigenvalue weighted by molar-refractivity contribution is 5.85. The highest BCUT2D eigenvalue weighted by Crippen LogP contribution is 2.38. The maximum absolute atomic E-state index is 11.3. The maximum atomic E-state index is 11.3. The Bertz CT molecular complexity index is 603. The summed E-state index contributed by atoms with van der Waals surface area (Å²) >= 11 is 0. The molecule has 0 bridgehead atoms. The molecule has 0 unspecified atom stereocenters. The largest absolute Gasteiger partial charge is 0.507 e. The van der Waals surface area contributed by atoms with E-state index in [1.54, 1.807) is 19.2 Å². The Balaban J connectivity index is 2.63. The lowest BCUT2D eigenvalue weighted by molar-refractivity contribution is -0.116. The normalized spacial score (nSPS) is 10.2. The van der Waals surface area contributed by atoms with E-state index in [4.69, 9.17) is 4.74 Å². The van der Waals surface area contributed by atoms with Gasteiger partial charge in [0, 0.05) is 17.5 Å². The number of aromatic hydroxyl groups is 1. The second-order valence-corrected chi connectivity index (χ2v) is 4.39. The first-order chi connectivity index (χ1) is 9.13. The van der Waals surface area contributed by atoms with Crippen molar-refractivity contribution in [1.82, 2.24) is 0 Å². The van der Waals surface area contributed by atoms with Crippen molar-refractivity contribution in [3.05, 3.63) is 48.0 Å². The number of phenolic OH excluding ortho intramolecular Hbond substituents is 1. The van der Waals surface area contributed by atoms with Crippen LogP contribution in [0.4, 0.5) is 0 Å². The SMILES string of the molecule is COc1ccccc1-c1c(O)cccc1CC(C)=O. The van der Waals surface area contributed by atoms with E-state index >= 15 is 0 Å². The molecule has 0 spiro atoms. The fourth-order valence-corrected chi connectivity index (χ4v) is 2.16. The van der Waals surface area contributed by atoms with E-state index in [2.05, 4.69) is 0 Å². The van der Waals surface area contributed by atoms with Gasteiger partial charge in [-0.3, -0.25) is 4.79 Å². The van der Waals surface area contributed by atoms with Gasteiger partial charge in [0.2, 0.25) is 0 Å². The van der Waals surface area contributed by atoms with Crippen LogP contribution in [0.5, 0.6) is 11.5 Å². The van der Waals surface area contributed by atoms with Crippen LogP contribution in [0.3, 0.4) is 0 Å². The molecule has 0 saturated heterocycles. The van der Waals surface area contributed by atoms with Crippen LogP contribution in [0.2, 0.25) is 0 Å². The fourth-order valence-electron chi connectivity index (χ4n) is 2.16. The third-order valence-corrected chi connectivity index (χ3v) is 2.94. The van der Waals surface area contributed by atoms with Crippen LogP contribution in [0.15, 0.2) is 42.5 Å². The molecule has 0 saturated carbocycles. The molecule has 3 nitrogen and oxygen atoms in total. The maximum Gasteiger partial charge on any atom is 0.134 e.